The Bertz CT molecular complexity index is 3480. The first-order valence-corrected chi connectivity index (χ1v) is 22.3. The topological polar surface area (TPSA) is 16.4 Å². The lowest BCUT2D eigenvalue weighted by molar-refractivity contribution is 0.669. The number of fused-ring (bicyclic) bond motifs is 16. The van der Waals surface area contributed by atoms with E-state index >= 15 is 0 Å². The number of nitrogens with zero attached hydrogens (tertiary/aromatic N) is 1. The molecule has 0 atom stereocenters. The van der Waals surface area contributed by atoms with Crippen molar-refractivity contribution < 1.29 is 4.42 Å². The van der Waals surface area contributed by atoms with Crippen LogP contribution >= 0.6 is 0 Å². The number of rotatable bonds is 5. The van der Waals surface area contributed by atoms with Gasteiger partial charge in [-0.2, -0.15) is 0 Å². The fraction of sp³-hybridized carbons (Fsp3) is 0.0323. The second-order valence-corrected chi connectivity index (χ2v) is 17.5. The summed E-state index contributed by atoms with van der Waals surface area (Å²) in [4.78, 5) is 2.46. The molecule has 3 aliphatic rings. The van der Waals surface area contributed by atoms with Crippen LogP contribution in [0.3, 0.4) is 0 Å². The van der Waals surface area contributed by atoms with E-state index in [1.54, 1.807) is 0 Å². The fourth-order valence-corrected chi connectivity index (χ4v) is 12.1. The first kappa shape index (κ1) is 35.4. The highest BCUT2D eigenvalue weighted by atomic mass is 16.3. The third-order valence-electron chi connectivity index (χ3n) is 14.6. The van der Waals surface area contributed by atoms with Crippen LogP contribution in [-0.4, -0.2) is 0 Å². The molecule has 64 heavy (non-hydrogen) atoms. The lowest BCUT2D eigenvalue weighted by atomic mass is 9.67. The lowest BCUT2D eigenvalue weighted by Crippen LogP contribution is -2.28. The summed E-state index contributed by atoms with van der Waals surface area (Å²) in [6, 6.07) is 87.6. The Morgan fingerprint density at radius 1 is 0.297 bits per heavy atom. The third kappa shape index (κ3) is 4.49. The molecule has 0 amide bonds. The molecule has 14 rings (SSSR count). The van der Waals surface area contributed by atoms with Crippen LogP contribution < -0.4 is 4.90 Å². The van der Waals surface area contributed by atoms with Gasteiger partial charge in [-0.25, -0.2) is 0 Å². The van der Waals surface area contributed by atoms with Gasteiger partial charge in [-0.1, -0.05) is 200 Å². The molecule has 0 unspecified atom stereocenters. The molecule has 0 saturated heterocycles. The summed E-state index contributed by atoms with van der Waals surface area (Å²) < 4.78 is 6.92. The van der Waals surface area contributed by atoms with E-state index in [1.807, 2.05) is 0 Å². The van der Waals surface area contributed by atoms with Crippen LogP contribution in [0.5, 0.6) is 0 Å². The normalized spacial score (nSPS) is 14.2. The number of anilines is 3. The van der Waals surface area contributed by atoms with Gasteiger partial charge < -0.3 is 9.32 Å². The maximum absolute atomic E-state index is 6.92. The number of hydrogen-bond donors (Lipinski definition) is 0. The number of hydrogen-bond acceptors (Lipinski definition) is 2. The average molecular weight is 814 g/mol. The van der Waals surface area contributed by atoms with Gasteiger partial charge in [0.1, 0.15) is 5.58 Å². The van der Waals surface area contributed by atoms with Crippen molar-refractivity contribution in [2.24, 2.45) is 0 Å². The van der Waals surface area contributed by atoms with Gasteiger partial charge >= 0.3 is 0 Å². The summed E-state index contributed by atoms with van der Waals surface area (Å²) in [7, 11) is 0. The van der Waals surface area contributed by atoms with Crippen LogP contribution in [-0.2, 0) is 10.8 Å². The molecule has 10 aromatic carbocycles. The van der Waals surface area contributed by atoms with E-state index in [2.05, 4.69) is 241 Å². The molecule has 1 heterocycles. The van der Waals surface area contributed by atoms with E-state index < -0.39 is 10.8 Å². The molecular formula is C62H39NO. The number of benzene rings is 10. The predicted octanol–water partition coefficient (Wildman–Crippen LogP) is 15.8. The summed E-state index contributed by atoms with van der Waals surface area (Å²) in [5, 5.41) is 2.21. The van der Waals surface area contributed by atoms with Crippen LogP contribution in [0.25, 0.3) is 55.3 Å². The van der Waals surface area contributed by atoms with Gasteiger partial charge in [0.2, 0.25) is 0 Å². The summed E-state index contributed by atoms with van der Waals surface area (Å²) in [5.74, 6) is 0. The highest BCUT2D eigenvalue weighted by Crippen LogP contribution is 2.64. The summed E-state index contributed by atoms with van der Waals surface area (Å²) >= 11 is 0. The van der Waals surface area contributed by atoms with Crippen molar-refractivity contribution in [3.63, 3.8) is 0 Å². The molecule has 0 radical (unpaired) electrons. The molecule has 3 aliphatic carbocycles. The highest BCUT2D eigenvalue weighted by Gasteiger charge is 2.52. The van der Waals surface area contributed by atoms with Crippen LogP contribution in [0, 0.1) is 0 Å². The Hall–Kier alpha value is -8.20. The molecule has 1 aromatic heterocycles. The largest absolute Gasteiger partial charge is 0.454 e. The van der Waals surface area contributed by atoms with Crippen molar-refractivity contribution in [2.45, 2.75) is 10.8 Å². The number of furan rings is 1. The Labute approximate surface area is 372 Å². The molecule has 11 aromatic rings. The second-order valence-electron chi connectivity index (χ2n) is 17.5. The molecular weight excluding hydrogens is 775 g/mol. The zero-order valence-corrected chi connectivity index (χ0v) is 34.9. The standard InChI is InChI=1S/C62H39NO/c1-3-18-40(19-4-1)61(41-20-5-2-6-21-41)52-28-12-7-24-46(52)48-36-34-42(38-56(48)61)63(58-32-17-27-51-50-26-11-16-33-59(50)64-60(51)58)43-35-37-49-47-25-10-15-31-55(47)62(57(49)39-43)53-29-13-8-22-44(53)45-23-9-14-30-54(45)62/h1-39H. The van der Waals surface area contributed by atoms with Gasteiger partial charge in [-0.05, 0) is 114 Å². The van der Waals surface area contributed by atoms with Gasteiger partial charge in [-0.3, -0.25) is 0 Å². The molecule has 0 N–H and O–H groups in total. The first-order valence-electron chi connectivity index (χ1n) is 22.3. The zero-order valence-electron chi connectivity index (χ0n) is 34.9. The average Bonchev–Trinajstić information content (AvgIpc) is 4.08. The van der Waals surface area contributed by atoms with E-state index in [9.17, 15) is 0 Å². The van der Waals surface area contributed by atoms with E-state index in [0.717, 1.165) is 39.0 Å². The van der Waals surface area contributed by atoms with Crippen molar-refractivity contribution in [2.75, 3.05) is 4.90 Å². The van der Waals surface area contributed by atoms with E-state index in [-0.39, 0.29) is 0 Å². The molecule has 0 aliphatic heterocycles. The van der Waals surface area contributed by atoms with Gasteiger partial charge in [0.25, 0.3) is 0 Å². The molecule has 0 bridgehead atoms. The van der Waals surface area contributed by atoms with Crippen molar-refractivity contribution in [1.29, 1.82) is 0 Å². The molecule has 298 valence electrons. The molecule has 2 nitrogen and oxygen atoms in total. The van der Waals surface area contributed by atoms with Crippen molar-refractivity contribution in [3.8, 4) is 33.4 Å². The monoisotopic (exact) mass is 813 g/mol. The van der Waals surface area contributed by atoms with Crippen molar-refractivity contribution in [3.05, 3.63) is 281 Å². The van der Waals surface area contributed by atoms with Crippen molar-refractivity contribution in [1.82, 2.24) is 0 Å². The van der Waals surface area contributed by atoms with Crippen LogP contribution in [0.1, 0.15) is 44.5 Å². The minimum absolute atomic E-state index is 0.485. The Morgan fingerprint density at radius 3 is 1.23 bits per heavy atom. The van der Waals surface area contributed by atoms with Gasteiger partial charge in [0, 0.05) is 22.1 Å². The molecule has 0 saturated carbocycles. The maximum atomic E-state index is 6.92. The van der Waals surface area contributed by atoms with Gasteiger partial charge in [-0.15, -0.1) is 0 Å². The van der Waals surface area contributed by atoms with Gasteiger partial charge in [0.15, 0.2) is 5.58 Å². The predicted molar refractivity (Wildman–Crippen MR) is 262 cm³/mol. The summed E-state index contributed by atoms with van der Waals surface area (Å²) in [5.41, 5.74) is 21.8. The Balaban J connectivity index is 1.08. The molecule has 1 spiro atoms. The first-order chi connectivity index (χ1) is 31.8. The van der Waals surface area contributed by atoms with E-state index in [4.69, 9.17) is 4.42 Å². The minimum atomic E-state index is -0.553. The minimum Gasteiger partial charge on any atom is -0.454 e. The smallest absolute Gasteiger partial charge is 0.159 e. The van der Waals surface area contributed by atoms with E-state index in [0.29, 0.717) is 0 Å². The van der Waals surface area contributed by atoms with Crippen molar-refractivity contribution >= 4 is 39.0 Å². The highest BCUT2D eigenvalue weighted by molar-refractivity contribution is 6.10. The second kappa shape index (κ2) is 13.2. The fourth-order valence-electron chi connectivity index (χ4n) is 12.1. The Morgan fingerprint density at radius 2 is 0.703 bits per heavy atom. The summed E-state index contributed by atoms with van der Waals surface area (Å²) in [6.45, 7) is 0. The summed E-state index contributed by atoms with van der Waals surface area (Å²) in [6.07, 6.45) is 0. The van der Waals surface area contributed by atoms with Crippen LogP contribution in [0.15, 0.2) is 241 Å². The zero-order chi connectivity index (χ0) is 42.0. The Kier molecular flexibility index (Phi) is 7.28. The lowest BCUT2D eigenvalue weighted by Gasteiger charge is -2.35. The third-order valence-corrected chi connectivity index (χ3v) is 14.6. The SMILES string of the molecule is c1ccc(C2(c3ccccc3)c3ccccc3-c3ccc(N(c4ccc5c(c4)C4(c6ccccc6-c6ccccc64)c4ccccc4-5)c4cccc5c4oc4ccccc45)cc32)cc1. The van der Waals surface area contributed by atoms with Crippen LogP contribution in [0.4, 0.5) is 17.1 Å². The molecule has 2 heteroatoms. The number of para-hydroxylation sites is 2. The van der Waals surface area contributed by atoms with Gasteiger partial charge in [0.05, 0.1) is 16.5 Å². The maximum Gasteiger partial charge on any atom is 0.159 e. The van der Waals surface area contributed by atoms with E-state index in [1.165, 1.54) is 77.9 Å². The molecule has 0 fully saturated rings. The quantitative estimate of drug-likeness (QED) is 0.172. The van der Waals surface area contributed by atoms with Crippen LogP contribution in [0.2, 0.25) is 0 Å².